The van der Waals surface area contributed by atoms with Crippen molar-refractivity contribution in [1.29, 1.82) is 0 Å². The number of halogens is 4. The predicted molar refractivity (Wildman–Crippen MR) is 133 cm³/mol. The number of hydrogen-bond donors (Lipinski definition) is 2. The Bertz CT molecular complexity index is 1360. The van der Waals surface area contributed by atoms with Crippen LogP contribution in [0.3, 0.4) is 0 Å². The summed E-state index contributed by atoms with van der Waals surface area (Å²) in [4.78, 5) is 10.4. The second-order valence-corrected chi connectivity index (χ2v) is 9.65. The van der Waals surface area contributed by atoms with Crippen LogP contribution in [0.1, 0.15) is 24.6 Å². The summed E-state index contributed by atoms with van der Waals surface area (Å²) in [5.41, 5.74) is 2.13. The van der Waals surface area contributed by atoms with E-state index in [-0.39, 0.29) is 22.3 Å². The number of anilines is 3. The van der Waals surface area contributed by atoms with Crippen LogP contribution in [-0.4, -0.2) is 59.2 Å². The van der Waals surface area contributed by atoms with E-state index in [1.807, 2.05) is 25.2 Å². The van der Waals surface area contributed by atoms with Gasteiger partial charge < -0.3 is 25.0 Å². The molecule has 1 atom stereocenters. The van der Waals surface area contributed by atoms with Crippen molar-refractivity contribution in [1.82, 2.24) is 25.1 Å². The van der Waals surface area contributed by atoms with Crippen LogP contribution in [-0.2, 0) is 15.7 Å². The van der Waals surface area contributed by atoms with E-state index in [4.69, 9.17) is 21.1 Å². The van der Waals surface area contributed by atoms with Gasteiger partial charge in [-0.15, -0.1) is 0 Å². The number of fused-ring (bicyclic) bond motifs is 2. The van der Waals surface area contributed by atoms with Gasteiger partial charge in [0, 0.05) is 43.7 Å². The maximum absolute atomic E-state index is 13.0. The zero-order valence-corrected chi connectivity index (χ0v) is 21.1. The molecule has 0 bridgehead atoms. The Morgan fingerprint density at radius 3 is 2.84 bits per heavy atom. The molecule has 3 aromatic rings. The number of hydrogen-bond acceptors (Lipinski definition) is 8. The summed E-state index contributed by atoms with van der Waals surface area (Å²) in [5.74, 6) is 1.01. The molecular weight excluding hydrogens is 511 g/mol. The molecule has 13 heteroatoms. The van der Waals surface area contributed by atoms with E-state index in [0.29, 0.717) is 25.4 Å². The zero-order valence-electron chi connectivity index (χ0n) is 20.4. The lowest BCUT2D eigenvalue weighted by Gasteiger charge is -2.34. The molecule has 37 heavy (non-hydrogen) atoms. The van der Waals surface area contributed by atoms with E-state index in [1.165, 1.54) is 6.20 Å². The van der Waals surface area contributed by atoms with Crippen molar-refractivity contribution >= 4 is 34.5 Å². The minimum atomic E-state index is -4.57. The third-order valence-electron chi connectivity index (χ3n) is 6.24. The number of nitrogens with one attached hydrogen (secondary N) is 2. The Labute approximate surface area is 216 Å². The number of ether oxygens (including phenoxy) is 2. The Morgan fingerprint density at radius 1 is 1.30 bits per heavy atom. The van der Waals surface area contributed by atoms with Crippen LogP contribution < -0.4 is 15.5 Å². The summed E-state index contributed by atoms with van der Waals surface area (Å²) < 4.78 is 51.4. The predicted octanol–water partition coefficient (Wildman–Crippen LogP) is 4.61. The van der Waals surface area contributed by atoms with Gasteiger partial charge in [-0.2, -0.15) is 23.3 Å². The van der Waals surface area contributed by atoms with Gasteiger partial charge in [0.05, 0.1) is 37.2 Å². The average Bonchev–Trinajstić information content (AvgIpc) is 3.28. The number of likely N-dealkylation sites (N-methyl/N-ethyl adjacent to an activating group) is 1. The van der Waals surface area contributed by atoms with Gasteiger partial charge in [-0.3, -0.25) is 0 Å². The second-order valence-electron chi connectivity index (χ2n) is 9.24. The van der Waals surface area contributed by atoms with Gasteiger partial charge in [-0.1, -0.05) is 11.6 Å². The summed E-state index contributed by atoms with van der Waals surface area (Å²) in [6.45, 7) is 3.79. The number of aromatic nitrogens is 4. The molecule has 5 rings (SSSR count). The zero-order chi connectivity index (χ0) is 26.4. The number of alkyl halides is 3. The highest BCUT2D eigenvalue weighted by Crippen LogP contribution is 2.38. The molecule has 0 aliphatic carbocycles. The first-order valence-electron chi connectivity index (χ1n) is 11.5. The van der Waals surface area contributed by atoms with Crippen molar-refractivity contribution in [2.75, 3.05) is 44.1 Å². The van der Waals surface area contributed by atoms with E-state index in [0.717, 1.165) is 46.1 Å². The summed E-state index contributed by atoms with van der Waals surface area (Å²) in [7, 11) is 3.66. The molecule has 4 heterocycles. The summed E-state index contributed by atoms with van der Waals surface area (Å²) >= 11 is 6.32. The van der Waals surface area contributed by atoms with Crippen molar-refractivity contribution in [2.24, 2.45) is 0 Å². The van der Waals surface area contributed by atoms with Gasteiger partial charge in [0.15, 0.2) is 11.5 Å². The van der Waals surface area contributed by atoms with Crippen molar-refractivity contribution in [3.63, 3.8) is 0 Å². The van der Waals surface area contributed by atoms with Crippen LogP contribution in [0.25, 0.3) is 11.6 Å². The van der Waals surface area contributed by atoms with Crippen LogP contribution in [0.4, 0.5) is 30.4 Å². The monoisotopic (exact) mass is 535 g/mol. The number of benzene rings is 1. The molecule has 0 spiro atoms. The van der Waals surface area contributed by atoms with Crippen LogP contribution >= 0.6 is 11.6 Å². The first-order chi connectivity index (χ1) is 17.6. The maximum atomic E-state index is 13.0. The standard InChI is InChI=1S/C24H25ClF3N7O2/c1-23(13-36-3)7-9-37-18-12-34(2)17-5-4-14(10-15(17)20(18)32-23)30-21-16(25)11-29-22(31-21)35-8-6-19(33-35)24(26,27)28/h4-6,8,10-11,32H,7,9,12-13H2,1-3H3,(H,29,30,31). The first-order valence-corrected chi connectivity index (χ1v) is 11.9. The van der Waals surface area contributed by atoms with Gasteiger partial charge in [0.25, 0.3) is 5.95 Å². The Morgan fingerprint density at radius 2 is 2.11 bits per heavy atom. The molecule has 1 aromatic carbocycles. The molecule has 2 aliphatic heterocycles. The Kier molecular flexibility index (Phi) is 6.40. The third kappa shape index (κ3) is 5.03. The molecule has 9 nitrogen and oxygen atoms in total. The van der Waals surface area contributed by atoms with Crippen LogP contribution in [0.15, 0.2) is 42.4 Å². The topological polar surface area (TPSA) is 89.4 Å². The molecule has 2 N–H and O–H groups in total. The summed E-state index contributed by atoms with van der Waals surface area (Å²) in [5, 5.41) is 10.5. The fraction of sp³-hybridized carbons (Fsp3) is 0.375. The Balaban J connectivity index is 1.48. The second kappa shape index (κ2) is 9.42. The lowest BCUT2D eigenvalue weighted by molar-refractivity contribution is -0.141. The van der Waals surface area contributed by atoms with E-state index >= 15 is 0 Å². The molecule has 0 saturated carbocycles. The van der Waals surface area contributed by atoms with E-state index in [1.54, 1.807) is 7.11 Å². The van der Waals surface area contributed by atoms with Crippen molar-refractivity contribution in [2.45, 2.75) is 25.1 Å². The summed E-state index contributed by atoms with van der Waals surface area (Å²) in [6, 6.07) is 6.65. The van der Waals surface area contributed by atoms with E-state index in [9.17, 15) is 13.2 Å². The van der Waals surface area contributed by atoms with Crippen molar-refractivity contribution < 1.29 is 22.6 Å². The fourth-order valence-corrected chi connectivity index (χ4v) is 4.54. The largest absolute Gasteiger partial charge is 0.494 e. The lowest BCUT2D eigenvalue weighted by atomic mass is 9.96. The van der Waals surface area contributed by atoms with Crippen molar-refractivity contribution in [3.05, 3.63) is 58.7 Å². The number of methoxy groups -OCH3 is 1. The average molecular weight is 536 g/mol. The van der Waals surface area contributed by atoms with E-state index in [2.05, 4.69) is 37.5 Å². The minimum absolute atomic E-state index is 0.0562. The maximum Gasteiger partial charge on any atom is 0.435 e. The van der Waals surface area contributed by atoms with E-state index < -0.39 is 11.9 Å². The lowest BCUT2D eigenvalue weighted by Crippen LogP contribution is -2.46. The van der Waals surface area contributed by atoms with Gasteiger partial charge in [-0.05, 0) is 31.2 Å². The highest BCUT2D eigenvalue weighted by Gasteiger charge is 2.35. The third-order valence-corrected chi connectivity index (χ3v) is 6.51. The molecule has 0 fully saturated rings. The van der Waals surface area contributed by atoms with Gasteiger partial charge >= 0.3 is 6.18 Å². The number of nitrogens with zero attached hydrogens (tertiary/aromatic N) is 5. The van der Waals surface area contributed by atoms with Gasteiger partial charge in [0.2, 0.25) is 0 Å². The van der Waals surface area contributed by atoms with Crippen LogP contribution in [0, 0.1) is 0 Å². The Hall–Kier alpha value is -3.51. The molecule has 2 aliphatic rings. The van der Waals surface area contributed by atoms with Crippen LogP contribution in [0.5, 0.6) is 0 Å². The molecule has 1 unspecified atom stereocenters. The highest BCUT2D eigenvalue weighted by molar-refractivity contribution is 6.32. The van der Waals surface area contributed by atoms with Crippen molar-refractivity contribution in [3.8, 4) is 5.95 Å². The van der Waals surface area contributed by atoms with Gasteiger partial charge in [0.1, 0.15) is 10.8 Å². The minimum Gasteiger partial charge on any atom is -0.494 e. The summed E-state index contributed by atoms with van der Waals surface area (Å²) in [6.07, 6.45) is -1.34. The fourth-order valence-electron chi connectivity index (χ4n) is 4.40. The highest BCUT2D eigenvalue weighted by atomic mass is 35.5. The molecule has 196 valence electrons. The first kappa shape index (κ1) is 25.2. The molecule has 0 saturated heterocycles. The van der Waals surface area contributed by atoms with Crippen LogP contribution in [0.2, 0.25) is 5.02 Å². The van der Waals surface area contributed by atoms with Gasteiger partial charge in [-0.25, -0.2) is 9.67 Å². The number of rotatable bonds is 5. The SMILES string of the molecule is COCC1(C)CCOC2=C(N1)c1cc(Nc3nc(-n4ccc(C(F)(F)F)n4)ncc3Cl)ccc1N(C)C2. The normalized spacial score (nSPS) is 19.5. The molecular formula is C24H25ClF3N7O2. The smallest absolute Gasteiger partial charge is 0.435 e. The quantitative estimate of drug-likeness (QED) is 0.489. The molecule has 2 aromatic heterocycles. The molecule has 0 amide bonds. The molecule has 0 radical (unpaired) electrons.